The van der Waals surface area contributed by atoms with Crippen molar-refractivity contribution in [1.29, 1.82) is 0 Å². The van der Waals surface area contributed by atoms with Crippen LogP contribution in [0.1, 0.15) is 44.1 Å². The van der Waals surface area contributed by atoms with Crippen molar-refractivity contribution >= 4 is 5.69 Å². The summed E-state index contributed by atoms with van der Waals surface area (Å²) in [6.45, 7) is 2.75. The molecule has 3 rings (SSSR count). The molecule has 1 saturated heterocycles. The van der Waals surface area contributed by atoms with Gasteiger partial charge in [-0.1, -0.05) is 18.9 Å². The Kier molecular flexibility index (Phi) is 4.43. The lowest BCUT2D eigenvalue weighted by Crippen LogP contribution is -2.44. The summed E-state index contributed by atoms with van der Waals surface area (Å²) < 4.78 is 28.1. The number of piperidine rings is 1. The summed E-state index contributed by atoms with van der Waals surface area (Å²) in [5.41, 5.74) is 0.548. The Morgan fingerprint density at radius 1 is 1.10 bits per heavy atom. The van der Waals surface area contributed by atoms with Gasteiger partial charge in [0, 0.05) is 12.1 Å². The monoisotopic (exact) mass is 294 g/mol. The fourth-order valence-electron chi connectivity index (χ4n) is 3.87. The van der Waals surface area contributed by atoms with E-state index >= 15 is 0 Å². The van der Waals surface area contributed by atoms with Crippen molar-refractivity contribution in [3.8, 4) is 0 Å². The zero-order valence-corrected chi connectivity index (χ0v) is 12.6. The van der Waals surface area contributed by atoms with Gasteiger partial charge < -0.3 is 10.6 Å². The second-order valence-corrected chi connectivity index (χ2v) is 6.46. The molecular formula is C17H24F2N2. The van der Waals surface area contributed by atoms with Crippen LogP contribution >= 0.6 is 0 Å². The van der Waals surface area contributed by atoms with E-state index < -0.39 is 11.6 Å². The number of benzene rings is 1. The Hall–Kier alpha value is -1.16. The molecule has 0 spiro atoms. The van der Waals surface area contributed by atoms with Gasteiger partial charge in [0.1, 0.15) is 11.5 Å². The molecule has 2 fully saturated rings. The minimum Gasteiger partial charge on any atom is -0.377 e. The van der Waals surface area contributed by atoms with Crippen LogP contribution in [0.3, 0.4) is 0 Å². The molecule has 1 heterocycles. The zero-order chi connectivity index (χ0) is 14.8. The molecule has 1 aromatic rings. The van der Waals surface area contributed by atoms with Crippen LogP contribution in [0.5, 0.6) is 0 Å². The van der Waals surface area contributed by atoms with Gasteiger partial charge in [-0.2, -0.15) is 0 Å². The lowest BCUT2D eigenvalue weighted by Gasteiger charge is -2.33. The summed E-state index contributed by atoms with van der Waals surface area (Å²) in [6, 6.07) is 3.51. The van der Waals surface area contributed by atoms with Crippen molar-refractivity contribution in [2.45, 2.75) is 57.5 Å². The standard InChI is InChI=1S/C17H24F2N2/c1-11-8-9-13(18)17(16(11)19)21-15-7-4-5-12(15)14-6-2-3-10-20-14/h8-9,12,14-15,20-21H,2-7,10H2,1H3. The van der Waals surface area contributed by atoms with Crippen LogP contribution < -0.4 is 10.6 Å². The van der Waals surface area contributed by atoms with E-state index in [0.29, 0.717) is 17.5 Å². The maximum Gasteiger partial charge on any atom is 0.152 e. The summed E-state index contributed by atoms with van der Waals surface area (Å²) in [4.78, 5) is 0. The maximum absolute atomic E-state index is 14.2. The molecule has 1 aromatic carbocycles. The summed E-state index contributed by atoms with van der Waals surface area (Å²) in [5.74, 6) is -0.456. The van der Waals surface area contributed by atoms with Gasteiger partial charge in [0.05, 0.1) is 0 Å². The Labute approximate surface area is 125 Å². The molecule has 116 valence electrons. The number of hydrogen-bond donors (Lipinski definition) is 2. The summed E-state index contributed by atoms with van der Waals surface area (Å²) >= 11 is 0. The molecule has 0 aromatic heterocycles. The topological polar surface area (TPSA) is 24.1 Å². The van der Waals surface area contributed by atoms with E-state index in [2.05, 4.69) is 10.6 Å². The van der Waals surface area contributed by atoms with Crippen LogP contribution in [0.15, 0.2) is 12.1 Å². The van der Waals surface area contributed by atoms with E-state index in [0.717, 1.165) is 25.8 Å². The van der Waals surface area contributed by atoms with Crippen LogP contribution in [0.25, 0.3) is 0 Å². The summed E-state index contributed by atoms with van der Waals surface area (Å²) in [6.07, 6.45) is 6.95. The van der Waals surface area contributed by atoms with Gasteiger partial charge in [-0.15, -0.1) is 0 Å². The molecule has 0 bridgehead atoms. The van der Waals surface area contributed by atoms with Crippen LogP contribution in [0.4, 0.5) is 14.5 Å². The minimum atomic E-state index is -0.486. The number of hydrogen-bond acceptors (Lipinski definition) is 2. The van der Waals surface area contributed by atoms with Crippen LogP contribution in [-0.4, -0.2) is 18.6 Å². The van der Waals surface area contributed by atoms with Gasteiger partial charge in [-0.25, -0.2) is 8.78 Å². The highest BCUT2D eigenvalue weighted by molar-refractivity contribution is 5.50. The first kappa shape index (κ1) is 14.8. The summed E-state index contributed by atoms with van der Waals surface area (Å²) in [5, 5.41) is 6.77. The molecule has 1 aliphatic carbocycles. The van der Waals surface area contributed by atoms with Gasteiger partial charge >= 0.3 is 0 Å². The van der Waals surface area contributed by atoms with Gasteiger partial charge in [-0.3, -0.25) is 0 Å². The zero-order valence-electron chi connectivity index (χ0n) is 12.6. The van der Waals surface area contributed by atoms with E-state index in [4.69, 9.17) is 0 Å². The predicted molar refractivity (Wildman–Crippen MR) is 81.5 cm³/mol. The number of halogens is 2. The Morgan fingerprint density at radius 2 is 1.95 bits per heavy atom. The van der Waals surface area contributed by atoms with Crippen LogP contribution in [0.2, 0.25) is 0 Å². The van der Waals surface area contributed by atoms with E-state index in [-0.39, 0.29) is 11.7 Å². The Balaban J connectivity index is 1.76. The molecule has 1 aliphatic heterocycles. The predicted octanol–water partition coefficient (Wildman–Crippen LogP) is 4.00. The highest BCUT2D eigenvalue weighted by atomic mass is 19.1. The lowest BCUT2D eigenvalue weighted by atomic mass is 9.88. The molecule has 1 saturated carbocycles. The van der Waals surface area contributed by atoms with E-state index in [1.54, 1.807) is 6.92 Å². The number of rotatable bonds is 3. The fraction of sp³-hybridized carbons (Fsp3) is 0.647. The third kappa shape index (κ3) is 3.05. The Bertz CT molecular complexity index is 498. The van der Waals surface area contributed by atoms with Crippen LogP contribution in [0, 0.1) is 24.5 Å². The van der Waals surface area contributed by atoms with Crippen molar-refractivity contribution in [3.05, 3.63) is 29.3 Å². The summed E-state index contributed by atoms with van der Waals surface area (Å²) in [7, 11) is 0. The number of aryl methyl sites for hydroxylation is 1. The van der Waals surface area contributed by atoms with E-state index in [1.165, 1.54) is 31.4 Å². The molecule has 2 nitrogen and oxygen atoms in total. The average Bonchev–Trinajstić information content (AvgIpc) is 2.97. The molecule has 2 aliphatic rings. The first-order valence-electron chi connectivity index (χ1n) is 8.11. The first-order valence-corrected chi connectivity index (χ1v) is 8.11. The minimum absolute atomic E-state index is 0.0581. The SMILES string of the molecule is Cc1ccc(F)c(NC2CCCC2C2CCCCN2)c1F. The largest absolute Gasteiger partial charge is 0.377 e. The third-order valence-electron chi connectivity index (χ3n) is 5.05. The smallest absolute Gasteiger partial charge is 0.152 e. The number of nitrogens with one attached hydrogen (secondary N) is 2. The van der Waals surface area contributed by atoms with Crippen molar-refractivity contribution in [3.63, 3.8) is 0 Å². The Morgan fingerprint density at radius 3 is 2.71 bits per heavy atom. The van der Waals surface area contributed by atoms with Crippen molar-refractivity contribution in [2.75, 3.05) is 11.9 Å². The van der Waals surface area contributed by atoms with Crippen molar-refractivity contribution < 1.29 is 8.78 Å². The molecule has 21 heavy (non-hydrogen) atoms. The molecule has 3 atom stereocenters. The average molecular weight is 294 g/mol. The van der Waals surface area contributed by atoms with Crippen molar-refractivity contribution in [2.24, 2.45) is 5.92 Å². The maximum atomic E-state index is 14.2. The fourth-order valence-corrected chi connectivity index (χ4v) is 3.87. The molecule has 3 unspecified atom stereocenters. The quantitative estimate of drug-likeness (QED) is 0.880. The van der Waals surface area contributed by atoms with Gasteiger partial charge in [-0.05, 0) is 56.7 Å². The van der Waals surface area contributed by atoms with Gasteiger partial charge in [0.15, 0.2) is 5.82 Å². The number of anilines is 1. The highest BCUT2D eigenvalue weighted by Crippen LogP contribution is 2.35. The molecule has 0 amide bonds. The molecule has 2 N–H and O–H groups in total. The second kappa shape index (κ2) is 6.30. The second-order valence-electron chi connectivity index (χ2n) is 6.46. The molecule has 0 radical (unpaired) electrons. The lowest BCUT2D eigenvalue weighted by molar-refractivity contribution is 0.286. The normalized spacial score (nSPS) is 29.6. The van der Waals surface area contributed by atoms with Gasteiger partial charge in [0.25, 0.3) is 0 Å². The van der Waals surface area contributed by atoms with Gasteiger partial charge in [0.2, 0.25) is 0 Å². The molecule has 4 heteroatoms. The highest BCUT2D eigenvalue weighted by Gasteiger charge is 2.35. The van der Waals surface area contributed by atoms with E-state index in [1.807, 2.05) is 0 Å². The van der Waals surface area contributed by atoms with E-state index in [9.17, 15) is 8.78 Å². The van der Waals surface area contributed by atoms with Crippen molar-refractivity contribution in [1.82, 2.24) is 5.32 Å². The molecular weight excluding hydrogens is 270 g/mol. The third-order valence-corrected chi connectivity index (χ3v) is 5.05. The van der Waals surface area contributed by atoms with Crippen LogP contribution in [-0.2, 0) is 0 Å². The first-order chi connectivity index (χ1) is 10.2.